The van der Waals surface area contributed by atoms with Crippen molar-refractivity contribution in [3.8, 4) is 11.5 Å². The van der Waals surface area contributed by atoms with Crippen LogP contribution in [0.25, 0.3) is 0 Å². The van der Waals surface area contributed by atoms with Gasteiger partial charge in [-0.1, -0.05) is 37.6 Å². The first-order valence-electron chi connectivity index (χ1n) is 12.2. The molecule has 4 aliphatic carbocycles. The minimum atomic E-state index is -0.873. The highest BCUT2D eigenvalue weighted by atomic mass is 16.6. The Bertz CT molecular complexity index is 1020. The molecular weight excluding hydrogens is 402 g/mol. The molecule has 1 saturated carbocycles. The molecule has 5 nitrogen and oxygen atoms in total. The van der Waals surface area contributed by atoms with E-state index in [2.05, 4.69) is 36.6 Å². The van der Waals surface area contributed by atoms with E-state index in [-0.39, 0.29) is 28.6 Å². The number of hydrogen-bond acceptors (Lipinski definition) is 5. The molecule has 1 aromatic carbocycles. The molecule has 5 unspecified atom stereocenters. The van der Waals surface area contributed by atoms with Gasteiger partial charge in [-0.3, -0.25) is 4.90 Å². The Labute approximate surface area is 190 Å². The number of benzene rings is 1. The summed E-state index contributed by atoms with van der Waals surface area (Å²) in [5.41, 5.74) is 0.465. The first-order chi connectivity index (χ1) is 15.3. The third-order valence-corrected chi connectivity index (χ3v) is 9.79. The number of ether oxygens (including phenoxy) is 2. The molecule has 7 rings (SSSR count). The molecule has 2 fully saturated rings. The topological polar surface area (TPSA) is 62.2 Å². The van der Waals surface area contributed by atoms with Gasteiger partial charge < -0.3 is 19.7 Å². The number of aliphatic hydroxyl groups is 1. The van der Waals surface area contributed by atoms with E-state index in [9.17, 15) is 10.2 Å². The van der Waals surface area contributed by atoms with Crippen LogP contribution in [0.3, 0.4) is 0 Å². The van der Waals surface area contributed by atoms with Crippen molar-refractivity contribution in [3.05, 3.63) is 48.1 Å². The van der Waals surface area contributed by atoms with Gasteiger partial charge in [0.1, 0.15) is 11.7 Å². The molecule has 172 valence electrons. The largest absolute Gasteiger partial charge is 0.504 e. The fourth-order valence-corrected chi connectivity index (χ4v) is 8.70. The van der Waals surface area contributed by atoms with E-state index in [1.807, 2.05) is 13.0 Å². The smallest absolute Gasteiger partial charge is 0.165 e. The number of piperidine rings is 1. The SMILES string of the molecule is C=CCN1CCC23c4c5ccc(O)c4O[C@H]2C2(OC)C=CC3(C[C@@H]2C(C)(O)CCC)C1C5. The monoisotopic (exact) mass is 437 g/mol. The lowest BCUT2D eigenvalue weighted by Crippen LogP contribution is -2.80. The van der Waals surface area contributed by atoms with Gasteiger partial charge in [0.25, 0.3) is 0 Å². The number of hydrogen-bond donors (Lipinski definition) is 2. The maximum atomic E-state index is 11.8. The Hall–Kier alpha value is -1.82. The van der Waals surface area contributed by atoms with Crippen molar-refractivity contribution in [2.45, 2.75) is 74.7 Å². The summed E-state index contributed by atoms with van der Waals surface area (Å²) in [5, 5.41) is 22.6. The van der Waals surface area contributed by atoms with E-state index in [0.29, 0.717) is 11.8 Å². The van der Waals surface area contributed by atoms with E-state index >= 15 is 0 Å². The Balaban J connectivity index is 1.64. The minimum Gasteiger partial charge on any atom is -0.504 e. The number of fused-ring (bicyclic) bond motifs is 1. The zero-order valence-electron chi connectivity index (χ0n) is 19.4. The van der Waals surface area contributed by atoms with Crippen molar-refractivity contribution < 1.29 is 19.7 Å². The van der Waals surface area contributed by atoms with Crippen LogP contribution in [-0.4, -0.2) is 58.7 Å². The van der Waals surface area contributed by atoms with E-state index < -0.39 is 11.2 Å². The highest BCUT2D eigenvalue weighted by Crippen LogP contribution is 2.75. The second-order valence-corrected chi connectivity index (χ2v) is 11.0. The van der Waals surface area contributed by atoms with Gasteiger partial charge in [0, 0.05) is 36.6 Å². The first kappa shape index (κ1) is 20.8. The van der Waals surface area contributed by atoms with E-state index in [4.69, 9.17) is 9.47 Å². The van der Waals surface area contributed by atoms with Gasteiger partial charge >= 0.3 is 0 Å². The number of methoxy groups -OCH3 is 1. The molecule has 6 aliphatic rings. The number of phenols is 1. The van der Waals surface area contributed by atoms with E-state index in [1.54, 1.807) is 13.2 Å². The van der Waals surface area contributed by atoms with Gasteiger partial charge in [-0.25, -0.2) is 0 Å². The quantitative estimate of drug-likeness (QED) is 0.664. The number of rotatable bonds is 6. The zero-order chi connectivity index (χ0) is 22.5. The molecule has 0 radical (unpaired) electrons. The van der Waals surface area contributed by atoms with E-state index in [0.717, 1.165) is 45.2 Å². The molecule has 0 amide bonds. The van der Waals surface area contributed by atoms with Crippen molar-refractivity contribution in [2.75, 3.05) is 20.2 Å². The van der Waals surface area contributed by atoms with Crippen molar-refractivity contribution in [3.63, 3.8) is 0 Å². The molecule has 1 aromatic rings. The number of phenolic OH excluding ortho intramolecular Hbond substituents is 1. The molecule has 7 atom stereocenters. The lowest BCUT2D eigenvalue weighted by Gasteiger charge is -2.72. The van der Waals surface area contributed by atoms with Crippen LogP contribution < -0.4 is 4.74 Å². The number of nitrogens with zero attached hydrogens (tertiary/aromatic N) is 1. The minimum absolute atomic E-state index is 0.0905. The summed E-state index contributed by atoms with van der Waals surface area (Å²) < 4.78 is 13.1. The van der Waals surface area contributed by atoms with Gasteiger partial charge in [0.15, 0.2) is 11.5 Å². The van der Waals surface area contributed by atoms with Crippen LogP contribution in [-0.2, 0) is 16.6 Å². The lowest BCUT2D eigenvalue weighted by molar-refractivity contribution is -0.248. The van der Waals surface area contributed by atoms with Crippen molar-refractivity contribution in [2.24, 2.45) is 11.3 Å². The molecule has 1 saturated heterocycles. The Morgan fingerprint density at radius 3 is 2.91 bits per heavy atom. The maximum Gasteiger partial charge on any atom is 0.165 e. The third-order valence-electron chi connectivity index (χ3n) is 9.79. The van der Waals surface area contributed by atoms with Crippen LogP contribution in [0.5, 0.6) is 11.5 Å². The average Bonchev–Trinajstić information content (AvgIpc) is 3.14. The molecule has 0 aromatic heterocycles. The van der Waals surface area contributed by atoms with Crippen molar-refractivity contribution in [1.29, 1.82) is 0 Å². The van der Waals surface area contributed by atoms with Gasteiger partial charge in [0.05, 0.1) is 11.0 Å². The second-order valence-electron chi connectivity index (χ2n) is 11.0. The molecule has 5 heteroatoms. The summed E-state index contributed by atoms with van der Waals surface area (Å²) in [6.07, 6.45) is 10.7. The summed E-state index contributed by atoms with van der Waals surface area (Å²) in [6, 6.07) is 4.18. The first-order valence-corrected chi connectivity index (χ1v) is 12.2. The standard InChI is InChI=1S/C27H35NO4/c1-5-9-24(3,30)19-16-25-10-11-27(19,31-4)23-26(25)12-14-28(13-6-2)20(25)15-17-7-8-18(29)22(32-23)21(17)26/h6-8,10-11,19-20,23,29-30H,2,5,9,12-16H2,1,3-4H3/t19-,20?,23-,24?,25?,26?,27?/m1/s1. The molecule has 2 N–H and O–H groups in total. The van der Waals surface area contributed by atoms with Gasteiger partial charge in [-0.15, -0.1) is 6.58 Å². The highest BCUT2D eigenvalue weighted by molar-refractivity contribution is 5.65. The summed E-state index contributed by atoms with van der Waals surface area (Å²) in [7, 11) is 1.76. The predicted molar refractivity (Wildman–Crippen MR) is 123 cm³/mol. The van der Waals surface area contributed by atoms with E-state index in [1.165, 1.54) is 11.1 Å². The fourth-order valence-electron chi connectivity index (χ4n) is 8.70. The van der Waals surface area contributed by atoms with Crippen LogP contribution in [0.15, 0.2) is 36.9 Å². The van der Waals surface area contributed by atoms with Crippen molar-refractivity contribution in [1.82, 2.24) is 4.90 Å². The summed E-state index contributed by atoms with van der Waals surface area (Å²) in [5.74, 6) is 0.776. The van der Waals surface area contributed by atoms with Crippen LogP contribution in [0.4, 0.5) is 0 Å². The lowest BCUT2D eigenvalue weighted by atomic mass is 9.36. The Morgan fingerprint density at radius 1 is 1.38 bits per heavy atom. The number of aromatic hydroxyl groups is 1. The maximum absolute atomic E-state index is 11.8. The van der Waals surface area contributed by atoms with Crippen molar-refractivity contribution >= 4 is 0 Å². The van der Waals surface area contributed by atoms with Crippen LogP contribution in [0.2, 0.25) is 0 Å². The molecule has 2 heterocycles. The van der Waals surface area contributed by atoms with Gasteiger partial charge in [-0.2, -0.15) is 0 Å². The Morgan fingerprint density at radius 2 is 2.19 bits per heavy atom. The average molecular weight is 438 g/mol. The molecule has 32 heavy (non-hydrogen) atoms. The summed E-state index contributed by atoms with van der Waals surface area (Å²) in [6.45, 7) is 9.95. The summed E-state index contributed by atoms with van der Waals surface area (Å²) in [4.78, 5) is 2.57. The fraction of sp³-hybridized carbons (Fsp3) is 0.630. The van der Waals surface area contributed by atoms with Gasteiger partial charge in [0.2, 0.25) is 0 Å². The third kappa shape index (κ3) is 2.07. The Kier molecular flexibility index (Phi) is 4.15. The molecule has 2 aliphatic heterocycles. The molecular formula is C27H35NO4. The normalized spacial score (nSPS) is 42.3. The highest BCUT2D eigenvalue weighted by Gasteiger charge is 2.80. The predicted octanol–water partition coefficient (Wildman–Crippen LogP) is 3.72. The molecule has 2 spiro atoms. The van der Waals surface area contributed by atoms with Crippen LogP contribution in [0.1, 0.15) is 50.7 Å². The second kappa shape index (κ2) is 6.40. The van der Waals surface area contributed by atoms with Gasteiger partial charge in [-0.05, 0) is 50.8 Å². The zero-order valence-corrected chi connectivity index (χ0v) is 19.4. The summed E-state index contributed by atoms with van der Waals surface area (Å²) >= 11 is 0. The molecule has 4 bridgehead atoms. The van der Waals surface area contributed by atoms with Crippen LogP contribution in [0, 0.1) is 11.3 Å². The van der Waals surface area contributed by atoms with Crippen LogP contribution >= 0.6 is 0 Å². The number of likely N-dealkylation sites (tertiary alicyclic amines) is 1.